The average molecular weight is 462 g/mol. The molecule has 0 atom stereocenters. The van der Waals surface area contributed by atoms with Gasteiger partial charge in [-0.1, -0.05) is 12.1 Å². The molecule has 0 spiro atoms. The Morgan fingerprint density at radius 3 is 2.52 bits per heavy atom. The lowest BCUT2D eigenvalue weighted by Crippen LogP contribution is -2.37. The molecule has 1 amide bonds. The smallest absolute Gasteiger partial charge is 0.325 e. The fourth-order valence-corrected chi connectivity index (χ4v) is 3.69. The quantitative estimate of drug-likeness (QED) is 0.444. The summed E-state index contributed by atoms with van der Waals surface area (Å²) in [5, 5.41) is 2.76. The van der Waals surface area contributed by atoms with Gasteiger partial charge in [-0.15, -0.1) is 0 Å². The first-order chi connectivity index (χ1) is 13.7. The number of aromatic nitrogens is 4. The van der Waals surface area contributed by atoms with Gasteiger partial charge in [0.15, 0.2) is 21.7 Å². The molecule has 0 aliphatic carbocycles. The van der Waals surface area contributed by atoms with Crippen LogP contribution in [-0.2, 0) is 25.4 Å². The van der Waals surface area contributed by atoms with Gasteiger partial charge < -0.3 is 9.88 Å². The minimum atomic E-state index is -0.471. The number of anilines is 1. The van der Waals surface area contributed by atoms with E-state index in [9.17, 15) is 19.2 Å². The number of carbonyl (C=O) groups excluding carboxylic acids is 2. The number of fused-ring (bicyclic) bond motifs is 1. The number of hydrogen-bond acceptors (Lipinski definition) is 5. The van der Waals surface area contributed by atoms with Crippen LogP contribution in [0.3, 0.4) is 0 Å². The monoisotopic (exact) mass is 461 g/mol. The van der Waals surface area contributed by atoms with Gasteiger partial charge in [0.05, 0.1) is 5.69 Å². The van der Waals surface area contributed by atoms with Gasteiger partial charge in [-0.25, -0.2) is 9.78 Å². The van der Waals surface area contributed by atoms with E-state index in [2.05, 4.69) is 26.2 Å². The maximum absolute atomic E-state index is 12.3. The molecule has 3 aromatic rings. The summed E-state index contributed by atoms with van der Waals surface area (Å²) in [7, 11) is 2.97. The van der Waals surface area contributed by atoms with Crippen molar-refractivity contribution in [2.45, 2.75) is 26.3 Å². The van der Waals surface area contributed by atoms with Crippen molar-refractivity contribution in [1.29, 1.82) is 0 Å². The summed E-state index contributed by atoms with van der Waals surface area (Å²) in [5.74, 6) is -0.360. The van der Waals surface area contributed by atoms with E-state index in [-0.39, 0.29) is 23.6 Å². The first-order valence-electron chi connectivity index (χ1n) is 8.94. The number of aryl methyl sites for hydroxylation is 2. The molecule has 0 fully saturated rings. The van der Waals surface area contributed by atoms with E-state index in [0.717, 1.165) is 4.57 Å². The van der Waals surface area contributed by atoms with E-state index < -0.39 is 11.2 Å². The number of nitrogens with zero attached hydrogens (tertiary/aromatic N) is 4. The minimum Gasteiger partial charge on any atom is -0.325 e. The van der Waals surface area contributed by atoms with Gasteiger partial charge in [0.25, 0.3) is 5.56 Å². The zero-order valence-electron chi connectivity index (χ0n) is 16.2. The molecular weight excluding hydrogens is 442 g/mol. The van der Waals surface area contributed by atoms with Crippen LogP contribution in [0.5, 0.6) is 0 Å². The van der Waals surface area contributed by atoms with Crippen LogP contribution in [0.15, 0.2) is 38.6 Å². The SMILES string of the molecule is CC(=O)c1ccccc1NC(=O)CCCn1c(Br)nc2c(=O)n(C)c(=O)n(C)c21. The van der Waals surface area contributed by atoms with Gasteiger partial charge in [-0.3, -0.25) is 23.5 Å². The molecule has 0 aliphatic heterocycles. The van der Waals surface area contributed by atoms with Crippen LogP contribution in [0.1, 0.15) is 30.1 Å². The largest absolute Gasteiger partial charge is 0.332 e. The molecule has 152 valence electrons. The fraction of sp³-hybridized carbons (Fsp3) is 0.316. The Morgan fingerprint density at radius 2 is 1.83 bits per heavy atom. The third kappa shape index (κ3) is 3.93. The molecule has 29 heavy (non-hydrogen) atoms. The molecule has 0 radical (unpaired) electrons. The molecule has 10 heteroatoms. The van der Waals surface area contributed by atoms with E-state index >= 15 is 0 Å². The van der Waals surface area contributed by atoms with E-state index in [1.807, 2.05) is 0 Å². The Bertz CT molecular complexity index is 1240. The van der Waals surface area contributed by atoms with E-state index in [1.54, 1.807) is 35.9 Å². The number of carbonyl (C=O) groups is 2. The molecule has 1 aromatic carbocycles. The van der Waals surface area contributed by atoms with Crippen molar-refractivity contribution in [2.75, 3.05) is 5.32 Å². The van der Waals surface area contributed by atoms with Crippen molar-refractivity contribution < 1.29 is 9.59 Å². The zero-order valence-corrected chi connectivity index (χ0v) is 17.8. The lowest BCUT2D eigenvalue weighted by atomic mass is 10.1. The average Bonchev–Trinajstić information content (AvgIpc) is 3.01. The molecular formula is C19H20BrN5O4. The van der Waals surface area contributed by atoms with Crippen molar-refractivity contribution in [2.24, 2.45) is 14.1 Å². The fourth-order valence-electron chi connectivity index (χ4n) is 3.17. The van der Waals surface area contributed by atoms with Crippen LogP contribution < -0.4 is 16.6 Å². The van der Waals surface area contributed by atoms with Gasteiger partial charge in [-0.2, -0.15) is 0 Å². The molecule has 0 saturated heterocycles. The first-order valence-corrected chi connectivity index (χ1v) is 9.73. The van der Waals surface area contributed by atoms with E-state index in [0.29, 0.717) is 34.6 Å². The van der Waals surface area contributed by atoms with Crippen LogP contribution in [0.4, 0.5) is 5.69 Å². The summed E-state index contributed by atoms with van der Waals surface area (Å²) in [6.07, 6.45) is 0.638. The highest BCUT2D eigenvalue weighted by Crippen LogP contribution is 2.19. The maximum Gasteiger partial charge on any atom is 0.332 e. The van der Waals surface area contributed by atoms with Gasteiger partial charge in [0, 0.05) is 32.6 Å². The van der Waals surface area contributed by atoms with E-state index in [4.69, 9.17) is 0 Å². The summed E-state index contributed by atoms with van der Waals surface area (Å²) >= 11 is 3.32. The number of rotatable bonds is 6. The number of amides is 1. The van der Waals surface area contributed by atoms with Crippen LogP contribution in [0, 0.1) is 0 Å². The Balaban J connectivity index is 1.76. The van der Waals surface area contributed by atoms with Crippen molar-refractivity contribution >= 4 is 44.5 Å². The summed E-state index contributed by atoms with van der Waals surface area (Å²) in [4.78, 5) is 52.7. The normalized spacial score (nSPS) is 11.0. The Hall–Kier alpha value is -3.01. The van der Waals surface area contributed by atoms with Crippen LogP contribution in [-0.4, -0.2) is 30.4 Å². The first kappa shape index (κ1) is 20.7. The zero-order chi connectivity index (χ0) is 21.3. The van der Waals surface area contributed by atoms with Crippen molar-refractivity contribution in [1.82, 2.24) is 18.7 Å². The molecule has 0 saturated carbocycles. The van der Waals surface area contributed by atoms with Gasteiger partial charge in [-0.05, 0) is 41.4 Å². The number of ketones is 1. The minimum absolute atomic E-state index is 0.128. The predicted octanol–water partition coefficient (Wildman–Crippen LogP) is 1.82. The standard InChI is InChI=1S/C19H20BrN5O4/c1-11(26)12-7-4-5-8-13(12)21-14(27)9-6-10-25-16-15(22-18(25)20)17(28)24(3)19(29)23(16)2/h4-5,7-8H,6,9-10H2,1-3H3,(H,21,27). The highest BCUT2D eigenvalue weighted by Gasteiger charge is 2.18. The number of benzene rings is 1. The topological polar surface area (TPSA) is 108 Å². The summed E-state index contributed by atoms with van der Waals surface area (Å²) in [5.41, 5.74) is 0.588. The van der Waals surface area contributed by atoms with Gasteiger partial charge >= 0.3 is 5.69 Å². The summed E-state index contributed by atoms with van der Waals surface area (Å²) < 4.78 is 4.46. The number of imidazole rings is 1. The molecule has 1 N–H and O–H groups in total. The predicted molar refractivity (Wildman–Crippen MR) is 112 cm³/mol. The van der Waals surface area contributed by atoms with Crippen molar-refractivity contribution in [3.05, 3.63) is 55.4 Å². The molecule has 0 bridgehead atoms. The van der Waals surface area contributed by atoms with Gasteiger partial charge in [0.2, 0.25) is 5.91 Å². The number of hydrogen-bond donors (Lipinski definition) is 1. The Labute approximate surface area is 174 Å². The molecule has 3 rings (SSSR count). The number of halogens is 1. The van der Waals surface area contributed by atoms with Crippen molar-refractivity contribution in [3.63, 3.8) is 0 Å². The third-order valence-corrected chi connectivity index (χ3v) is 5.26. The molecule has 2 heterocycles. The maximum atomic E-state index is 12.3. The number of Topliss-reactive ketones (excluding diaryl/α,β-unsaturated/α-hetero) is 1. The molecule has 9 nitrogen and oxygen atoms in total. The number of nitrogens with one attached hydrogen (secondary N) is 1. The lowest BCUT2D eigenvalue weighted by molar-refractivity contribution is -0.116. The van der Waals surface area contributed by atoms with Gasteiger partial charge in [0.1, 0.15) is 0 Å². The summed E-state index contributed by atoms with van der Waals surface area (Å²) in [6.45, 7) is 1.82. The third-order valence-electron chi connectivity index (χ3n) is 4.66. The second kappa shape index (κ2) is 8.16. The summed E-state index contributed by atoms with van der Waals surface area (Å²) in [6, 6.07) is 6.83. The Kier molecular flexibility index (Phi) is 5.83. The van der Waals surface area contributed by atoms with Crippen LogP contribution >= 0.6 is 15.9 Å². The molecule has 2 aromatic heterocycles. The van der Waals surface area contributed by atoms with Crippen molar-refractivity contribution in [3.8, 4) is 0 Å². The Morgan fingerprint density at radius 1 is 1.14 bits per heavy atom. The van der Waals surface area contributed by atoms with Crippen LogP contribution in [0.2, 0.25) is 0 Å². The highest BCUT2D eigenvalue weighted by molar-refractivity contribution is 9.10. The van der Waals surface area contributed by atoms with E-state index in [1.165, 1.54) is 18.5 Å². The highest BCUT2D eigenvalue weighted by atomic mass is 79.9. The second-order valence-electron chi connectivity index (χ2n) is 6.66. The van der Waals surface area contributed by atoms with Crippen LogP contribution in [0.25, 0.3) is 11.2 Å². The molecule has 0 aliphatic rings. The molecule has 0 unspecified atom stereocenters. The second-order valence-corrected chi connectivity index (χ2v) is 7.37. The lowest BCUT2D eigenvalue weighted by Gasteiger charge is -2.11. The number of para-hydroxylation sites is 1.